The van der Waals surface area contributed by atoms with Gasteiger partial charge in [0.05, 0.1) is 30.4 Å². The van der Waals surface area contributed by atoms with Gasteiger partial charge in [0, 0.05) is 106 Å². The van der Waals surface area contributed by atoms with Crippen molar-refractivity contribution in [3.63, 3.8) is 0 Å². The lowest BCUT2D eigenvalue weighted by Crippen LogP contribution is -2.50. The van der Waals surface area contributed by atoms with Gasteiger partial charge in [0.25, 0.3) is 5.91 Å². The Hall–Kier alpha value is -6.46. The average Bonchev–Trinajstić information content (AvgIpc) is 3.89. The first-order valence-electron chi connectivity index (χ1n) is 30.8. The van der Waals surface area contributed by atoms with E-state index in [1.807, 2.05) is 25.7 Å². The quantitative estimate of drug-likeness (QED) is 0.0484. The zero-order chi connectivity index (χ0) is 60.6. The van der Waals surface area contributed by atoms with Crippen LogP contribution < -0.4 is 29.7 Å². The molecule has 0 radical (unpaired) electrons. The number of carbonyl (C=O) groups is 3. The summed E-state index contributed by atoms with van der Waals surface area (Å²) in [6, 6.07) is 11.3. The van der Waals surface area contributed by atoms with Gasteiger partial charge in [-0.15, -0.1) is 5.54 Å². The van der Waals surface area contributed by atoms with Gasteiger partial charge in [-0.25, -0.2) is 13.6 Å². The molecular formula is C66H87F2N9O7Si. The molecule has 19 heteroatoms. The van der Waals surface area contributed by atoms with Crippen LogP contribution in [-0.4, -0.2) is 148 Å². The van der Waals surface area contributed by atoms with Gasteiger partial charge in [-0.2, -0.15) is 9.97 Å². The molecule has 5 fully saturated rings. The SMILES string of the molecule is COCOc1cc(-c2ncc3c(NC(C)(C)C)nc(OCC4(CN5CCN(CC6CCC7(CC6)CCN(C(=O)c6ccc(OC)c(N8CCC(=O)NC8=O)c6)CC7)CC5)CC4)nc3c2F)c2c(C#C[Si](C(C)C)(C(C)C)C(C)C)c(F)ccc2c1. The lowest BCUT2D eigenvalue weighted by molar-refractivity contribution is -0.120. The molecule has 3 aromatic carbocycles. The number of ether oxygens (including phenoxy) is 4. The molecule has 2 saturated carbocycles. The number of nitrogens with one attached hydrogen (secondary N) is 2. The largest absolute Gasteiger partial charge is 0.495 e. The number of fused-ring (bicyclic) bond motifs is 2. The highest BCUT2D eigenvalue weighted by atomic mass is 28.3. The van der Waals surface area contributed by atoms with E-state index >= 15 is 8.78 Å². The predicted molar refractivity (Wildman–Crippen MR) is 332 cm³/mol. The Labute approximate surface area is 501 Å². The van der Waals surface area contributed by atoms with Gasteiger partial charge < -0.3 is 39.0 Å². The third kappa shape index (κ3) is 13.3. The number of urea groups is 1. The van der Waals surface area contributed by atoms with E-state index in [0.717, 1.165) is 65.0 Å². The minimum Gasteiger partial charge on any atom is -0.495 e. The lowest BCUT2D eigenvalue weighted by Gasteiger charge is -2.47. The maximum absolute atomic E-state index is 17.7. The van der Waals surface area contributed by atoms with E-state index in [1.165, 1.54) is 50.9 Å². The minimum atomic E-state index is -2.31. The van der Waals surface area contributed by atoms with Crippen molar-refractivity contribution in [2.24, 2.45) is 16.7 Å². The van der Waals surface area contributed by atoms with E-state index in [4.69, 9.17) is 33.9 Å². The van der Waals surface area contributed by atoms with Crippen molar-refractivity contribution in [1.82, 2.24) is 35.0 Å². The highest BCUT2D eigenvalue weighted by Crippen LogP contribution is 2.49. The summed E-state index contributed by atoms with van der Waals surface area (Å²) in [4.78, 5) is 61.4. The first-order chi connectivity index (χ1) is 40.5. The zero-order valence-electron chi connectivity index (χ0n) is 51.8. The Morgan fingerprint density at radius 2 is 1.54 bits per heavy atom. The van der Waals surface area contributed by atoms with E-state index in [2.05, 4.69) is 73.4 Å². The Balaban J connectivity index is 0.780. The number of nitrogens with zero attached hydrogens (tertiary/aromatic N) is 7. The van der Waals surface area contributed by atoms with E-state index in [0.29, 0.717) is 92.5 Å². The summed E-state index contributed by atoms with van der Waals surface area (Å²) >= 11 is 0. The van der Waals surface area contributed by atoms with Crippen LogP contribution in [0.3, 0.4) is 0 Å². The molecule has 0 unspecified atom stereocenters. The second-order valence-electron chi connectivity index (χ2n) is 26.8. The summed E-state index contributed by atoms with van der Waals surface area (Å²) < 4.78 is 57.4. The van der Waals surface area contributed by atoms with E-state index < -0.39 is 31.3 Å². The fourth-order valence-corrected chi connectivity index (χ4v) is 19.4. The predicted octanol–water partition coefficient (Wildman–Crippen LogP) is 12.2. The van der Waals surface area contributed by atoms with Gasteiger partial charge in [-0.3, -0.25) is 24.8 Å². The summed E-state index contributed by atoms with van der Waals surface area (Å²) in [5.74, 6) is 3.76. The summed E-state index contributed by atoms with van der Waals surface area (Å²) in [7, 11) is 0.749. The van der Waals surface area contributed by atoms with Gasteiger partial charge >= 0.3 is 12.0 Å². The number of benzene rings is 3. The summed E-state index contributed by atoms with van der Waals surface area (Å²) in [5.41, 5.74) is 5.94. The molecule has 85 heavy (non-hydrogen) atoms. The summed E-state index contributed by atoms with van der Waals surface area (Å²) in [6.07, 6.45) is 10.5. The van der Waals surface area contributed by atoms with Crippen molar-refractivity contribution in [2.75, 3.05) is 96.7 Å². The molecule has 5 heterocycles. The first-order valence-corrected chi connectivity index (χ1v) is 33.0. The third-order valence-corrected chi connectivity index (χ3v) is 25.4. The standard InChI is InChI=1S/C66H87F2N9O7Si/c1-42(2)85(43(3)4,44(5)6)33-19-49-52(67)14-12-46-34-48(84-41-81-10)36-50(56(46)49)58-57(68)59-51(37-69-58)60(73-64(7,8)9)72-62(71-59)83-40-66(22-23-66)39-75-31-29-74(30-32-75)38-45-16-20-65(21-17-45)24-27-76(28-25-65)61(79)47-13-15-54(82-11)53(35-47)77-26-18-55(78)70-63(77)80/h12-15,34-37,42-45H,16-18,20-32,38-41H2,1-11H3,(H,70,78,80)(H,71,72,73). The molecule has 5 aromatic rings. The van der Waals surface area contributed by atoms with E-state index in [9.17, 15) is 14.4 Å². The molecular weight excluding hydrogens is 1100 g/mol. The zero-order valence-corrected chi connectivity index (χ0v) is 52.8. The molecule has 2 aromatic heterocycles. The van der Waals surface area contributed by atoms with Crippen molar-refractivity contribution in [3.8, 4) is 40.2 Å². The van der Waals surface area contributed by atoms with Crippen LogP contribution in [0.5, 0.6) is 17.5 Å². The highest BCUT2D eigenvalue weighted by molar-refractivity contribution is 6.90. The topological polar surface area (TPSA) is 164 Å². The number of anilines is 2. The molecule has 456 valence electrons. The Morgan fingerprint density at radius 3 is 2.18 bits per heavy atom. The minimum absolute atomic E-state index is 0.0205. The van der Waals surface area contributed by atoms with E-state index in [1.54, 1.807) is 42.6 Å². The number of aromatic nitrogens is 3. The van der Waals surface area contributed by atoms with Gasteiger partial charge in [0.15, 0.2) is 12.6 Å². The number of methoxy groups -OCH3 is 2. The number of hydrogen-bond donors (Lipinski definition) is 2. The highest BCUT2D eigenvalue weighted by Gasteiger charge is 2.46. The maximum Gasteiger partial charge on any atom is 0.328 e. The molecule has 2 aliphatic carbocycles. The molecule has 5 aliphatic rings. The van der Waals surface area contributed by atoms with Crippen molar-refractivity contribution in [2.45, 2.75) is 142 Å². The number of piperidine rings is 1. The van der Waals surface area contributed by atoms with Gasteiger partial charge in [0.1, 0.15) is 42.4 Å². The van der Waals surface area contributed by atoms with E-state index in [-0.39, 0.29) is 65.2 Å². The monoisotopic (exact) mass is 1180 g/mol. The average molecular weight is 1180 g/mol. The van der Waals surface area contributed by atoms with Gasteiger partial charge in [-0.1, -0.05) is 53.5 Å². The number of amides is 4. The molecule has 10 rings (SSSR count). The van der Waals surface area contributed by atoms with Crippen molar-refractivity contribution in [3.05, 3.63) is 71.4 Å². The Morgan fingerprint density at radius 1 is 0.847 bits per heavy atom. The molecule has 0 bridgehead atoms. The molecule has 16 nitrogen and oxygen atoms in total. The number of hydrogen-bond acceptors (Lipinski definition) is 13. The fourth-order valence-electron chi connectivity index (χ4n) is 14.2. The molecule has 1 spiro atoms. The number of halogens is 2. The first kappa shape index (κ1) is 61.6. The number of rotatable bonds is 18. The second-order valence-corrected chi connectivity index (χ2v) is 32.4. The number of imide groups is 1. The van der Waals surface area contributed by atoms with Crippen molar-refractivity contribution in [1.29, 1.82) is 0 Å². The number of likely N-dealkylation sites (tertiary alicyclic amines) is 1. The molecule has 2 N–H and O–H groups in total. The smallest absolute Gasteiger partial charge is 0.328 e. The Kier molecular flexibility index (Phi) is 18.2. The van der Waals surface area contributed by atoms with Crippen molar-refractivity contribution >= 4 is 59.1 Å². The maximum atomic E-state index is 17.7. The lowest BCUT2D eigenvalue weighted by atomic mass is 9.65. The third-order valence-electron chi connectivity index (χ3n) is 19.1. The summed E-state index contributed by atoms with van der Waals surface area (Å²) in [5, 5.41) is 7.28. The number of pyridine rings is 1. The molecule has 0 atom stereocenters. The van der Waals surface area contributed by atoms with Crippen LogP contribution in [0, 0.1) is 39.8 Å². The summed E-state index contributed by atoms with van der Waals surface area (Å²) in [6.45, 7) is 27.4. The van der Waals surface area contributed by atoms with Crippen LogP contribution in [0.1, 0.15) is 136 Å². The normalized spacial score (nSPS) is 18.8. The molecule has 3 saturated heterocycles. The number of piperazine rings is 1. The van der Waals surface area contributed by atoms with Crippen molar-refractivity contribution < 1.29 is 42.1 Å². The van der Waals surface area contributed by atoms with Gasteiger partial charge in [-0.05, 0) is 142 Å². The molecule has 4 amide bonds. The van der Waals surface area contributed by atoms with Crippen LogP contribution in [-0.2, 0) is 9.53 Å². The van der Waals surface area contributed by atoms with Crippen LogP contribution >= 0.6 is 0 Å². The Bertz CT molecular complexity index is 3340. The number of carbonyl (C=O) groups excluding carboxylic acids is 3. The second kappa shape index (κ2) is 25.1. The van der Waals surface area contributed by atoms with Crippen LogP contribution in [0.4, 0.5) is 25.1 Å². The van der Waals surface area contributed by atoms with Gasteiger partial charge in [0.2, 0.25) is 5.91 Å². The fraction of sp³-hybridized carbons (Fsp3) is 0.576. The van der Waals surface area contributed by atoms with Crippen LogP contribution in [0.15, 0.2) is 48.7 Å². The molecule has 3 aliphatic heterocycles. The van der Waals surface area contributed by atoms with Crippen LogP contribution in [0.2, 0.25) is 16.6 Å². The van der Waals surface area contributed by atoms with Crippen LogP contribution in [0.25, 0.3) is 32.9 Å².